The number of aromatic nitrogens is 1. The van der Waals surface area contributed by atoms with E-state index in [1.807, 2.05) is 42.2 Å². The summed E-state index contributed by atoms with van der Waals surface area (Å²) >= 11 is 0. The summed E-state index contributed by atoms with van der Waals surface area (Å²) in [5, 5.41) is 11.7. The van der Waals surface area contributed by atoms with Crippen molar-refractivity contribution in [3.63, 3.8) is 0 Å². The molecule has 3 N–H and O–H groups in total. The number of amides is 1. The molecule has 36 heavy (non-hydrogen) atoms. The van der Waals surface area contributed by atoms with Gasteiger partial charge >= 0.3 is 5.97 Å². The lowest BCUT2D eigenvalue weighted by Gasteiger charge is -2.47. The molecule has 3 heterocycles. The van der Waals surface area contributed by atoms with Gasteiger partial charge in [0.15, 0.2) is 5.78 Å². The lowest BCUT2D eigenvalue weighted by Crippen LogP contribution is -2.70. The number of likely N-dealkylation sites (tertiary alicyclic amines) is 1. The van der Waals surface area contributed by atoms with Crippen molar-refractivity contribution in [1.82, 2.24) is 14.9 Å². The number of rotatable bonds is 7. The molecule has 3 atom stereocenters. The van der Waals surface area contributed by atoms with Crippen LogP contribution in [0, 0.1) is 11.7 Å². The molecule has 0 spiro atoms. The highest BCUT2D eigenvalue weighted by Gasteiger charge is 2.61. The summed E-state index contributed by atoms with van der Waals surface area (Å²) < 4.78 is 14.2. The number of carboxylic acid groups (broad SMARTS) is 1. The standard InChI is InChI=1S/C26H30FN5O4/c1-16-9-10-31(21(16)14-32(28)22(33)11-17-5-3-2-4-6-17)26(25(35)36)15-30(19-7-8-19)24-20(23(26)34)12-18(27)13-29-24/h2-6,12-13,16,19,21H,7-11,14-15,28H2,1H3,(H,35,36). The molecule has 9 nitrogen and oxygen atoms in total. The van der Waals surface area contributed by atoms with Gasteiger partial charge in [0.25, 0.3) is 0 Å². The van der Waals surface area contributed by atoms with Gasteiger partial charge < -0.3 is 10.0 Å². The zero-order chi connectivity index (χ0) is 25.6. The lowest BCUT2D eigenvalue weighted by molar-refractivity contribution is -0.149. The first-order valence-electron chi connectivity index (χ1n) is 12.3. The van der Waals surface area contributed by atoms with Crippen LogP contribution in [0.1, 0.15) is 42.1 Å². The topological polar surface area (TPSA) is 120 Å². The molecule has 1 saturated carbocycles. The van der Waals surface area contributed by atoms with Crippen molar-refractivity contribution in [2.45, 2.75) is 50.2 Å². The van der Waals surface area contributed by atoms with Crippen LogP contribution >= 0.6 is 0 Å². The summed E-state index contributed by atoms with van der Waals surface area (Å²) in [6.07, 6.45) is 3.53. The summed E-state index contributed by atoms with van der Waals surface area (Å²) in [6.45, 7) is 2.31. The molecule has 1 saturated heterocycles. The highest BCUT2D eigenvalue weighted by molar-refractivity contribution is 6.20. The summed E-state index contributed by atoms with van der Waals surface area (Å²) in [7, 11) is 0. The molecule has 2 fully saturated rings. The maximum absolute atomic E-state index is 14.2. The van der Waals surface area contributed by atoms with E-state index >= 15 is 0 Å². The minimum absolute atomic E-state index is 0.00833. The molecule has 0 bridgehead atoms. The van der Waals surface area contributed by atoms with Gasteiger partial charge in [0.05, 0.1) is 31.3 Å². The number of aliphatic carboxylic acids is 1. The predicted molar refractivity (Wildman–Crippen MR) is 130 cm³/mol. The van der Waals surface area contributed by atoms with Crippen molar-refractivity contribution in [3.8, 4) is 0 Å². The number of anilines is 1. The van der Waals surface area contributed by atoms with E-state index in [0.29, 0.717) is 18.8 Å². The molecule has 190 valence electrons. The number of nitrogens with two attached hydrogens (primary N) is 1. The molecule has 1 aliphatic carbocycles. The first kappa shape index (κ1) is 24.3. The van der Waals surface area contributed by atoms with E-state index in [-0.39, 0.29) is 42.9 Å². The number of pyridine rings is 1. The van der Waals surface area contributed by atoms with Crippen molar-refractivity contribution < 1.29 is 23.9 Å². The second kappa shape index (κ2) is 9.25. The maximum Gasteiger partial charge on any atom is 0.334 e. The molecule has 2 aliphatic heterocycles. The van der Waals surface area contributed by atoms with Crippen LogP contribution in [-0.4, -0.2) is 74.9 Å². The number of fused-ring (bicyclic) bond motifs is 1. The van der Waals surface area contributed by atoms with Gasteiger partial charge in [-0.2, -0.15) is 0 Å². The third kappa shape index (κ3) is 4.14. The SMILES string of the molecule is CC1CCN(C2(C(=O)O)CN(C3CC3)c3ncc(F)cc3C2=O)C1CN(N)C(=O)Cc1ccccc1. The van der Waals surface area contributed by atoms with E-state index in [9.17, 15) is 23.9 Å². The van der Waals surface area contributed by atoms with Crippen molar-refractivity contribution in [2.75, 3.05) is 24.5 Å². The van der Waals surface area contributed by atoms with Crippen LogP contribution in [0.3, 0.4) is 0 Å². The van der Waals surface area contributed by atoms with E-state index in [2.05, 4.69) is 4.98 Å². The average Bonchev–Trinajstić information content (AvgIpc) is 3.64. The fourth-order valence-electron chi connectivity index (χ4n) is 5.58. The Balaban J connectivity index is 1.46. The number of nitrogens with zero attached hydrogens (tertiary/aromatic N) is 4. The number of carbonyl (C=O) groups excluding carboxylic acids is 2. The van der Waals surface area contributed by atoms with Gasteiger partial charge in [0.2, 0.25) is 11.4 Å². The van der Waals surface area contributed by atoms with E-state index in [1.165, 1.54) is 0 Å². The summed E-state index contributed by atoms with van der Waals surface area (Å²) in [4.78, 5) is 47.3. The number of hydrogen-bond donors (Lipinski definition) is 2. The minimum atomic E-state index is -1.93. The Morgan fingerprint density at radius 2 is 1.97 bits per heavy atom. The molecular formula is C26H30FN5O4. The van der Waals surface area contributed by atoms with Crippen LogP contribution in [-0.2, 0) is 16.0 Å². The molecule has 0 radical (unpaired) electrons. The van der Waals surface area contributed by atoms with Gasteiger partial charge in [0, 0.05) is 18.6 Å². The molecule has 3 aliphatic rings. The molecule has 1 amide bonds. The van der Waals surface area contributed by atoms with Crippen molar-refractivity contribution in [2.24, 2.45) is 11.8 Å². The highest BCUT2D eigenvalue weighted by Crippen LogP contribution is 2.43. The van der Waals surface area contributed by atoms with Gasteiger partial charge in [-0.15, -0.1) is 0 Å². The first-order valence-corrected chi connectivity index (χ1v) is 12.3. The normalized spacial score (nSPS) is 26.1. The summed E-state index contributed by atoms with van der Waals surface area (Å²) in [5.74, 6) is 3.57. The maximum atomic E-state index is 14.2. The number of carbonyl (C=O) groups is 3. The Morgan fingerprint density at radius 1 is 1.25 bits per heavy atom. The number of benzene rings is 1. The van der Waals surface area contributed by atoms with Crippen LogP contribution in [0.15, 0.2) is 42.6 Å². The monoisotopic (exact) mass is 495 g/mol. The number of ketones is 1. The number of halogens is 1. The second-order valence-corrected chi connectivity index (χ2v) is 10.1. The smallest absolute Gasteiger partial charge is 0.334 e. The molecule has 1 aromatic heterocycles. The fourth-order valence-corrected chi connectivity index (χ4v) is 5.58. The van der Waals surface area contributed by atoms with E-state index in [4.69, 9.17) is 5.84 Å². The Kier molecular flexibility index (Phi) is 6.25. The van der Waals surface area contributed by atoms with Gasteiger partial charge in [-0.1, -0.05) is 37.3 Å². The predicted octanol–water partition coefficient (Wildman–Crippen LogP) is 1.86. The number of Topliss-reactive ketones (excluding diaryl/α,β-unsaturated/α-hetero) is 1. The Bertz CT molecular complexity index is 1190. The largest absolute Gasteiger partial charge is 0.479 e. The van der Waals surface area contributed by atoms with Gasteiger partial charge in [-0.25, -0.2) is 20.0 Å². The van der Waals surface area contributed by atoms with Gasteiger partial charge in [0.1, 0.15) is 11.6 Å². The number of hydrazine groups is 1. The van der Waals surface area contributed by atoms with E-state index in [0.717, 1.165) is 35.7 Å². The first-order chi connectivity index (χ1) is 17.2. The van der Waals surface area contributed by atoms with Crippen molar-refractivity contribution >= 4 is 23.5 Å². The third-order valence-corrected chi connectivity index (χ3v) is 7.74. The highest BCUT2D eigenvalue weighted by atomic mass is 19.1. The molecular weight excluding hydrogens is 465 g/mol. The molecule has 5 rings (SSSR count). The Morgan fingerprint density at radius 3 is 2.64 bits per heavy atom. The third-order valence-electron chi connectivity index (χ3n) is 7.74. The molecule has 2 aromatic rings. The van der Waals surface area contributed by atoms with Crippen LogP contribution in [0.4, 0.5) is 10.2 Å². The van der Waals surface area contributed by atoms with E-state index in [1.54, 1.807) is 4.90 Å². The van der Waals surface area contributed by atoms with Crippen LogP contribution in [0.25, 0.3) is 0 Å². The number of hydrogen-bond acceptors (Lipinski definition) is 7. The zero-order valence-electron chi connectivity index (χ0n) is 20.1. The zero-order valence-corrected chi connectivity index (χ0v) is 20.1. The van der Waals surface area contributed by atoms with Crippen molar-refractivity contribution in [3.05, 3.63) is 59.5 Å². The Hall–Kier alpha value is -3.37. The Labute approximate surface area is 208 Å². The molecule has 1 aromatic carbocycles. The lowest BCUT2D eigenvalue weighted by atomic mass is 9.82. The van der Waals surface area contributed by atoms with Crippen LogP contribution in [0.2, 0.25) is 0 Å². The summed E-state index contributed by atoms with van der Waals surface area (Å²) in [6, 6.07) is 9.92. The van der Waals surface area contributed by atoms with Crippen LogP contribution in [0.5, 0.6) is 0 Å². The van der Waals surface area contributed by atoms with Crippen molar-refractivity contribution in [1.29, 1.82) is 0 Å². The quantitative estimate of drug-likeness (QED) is 0.259. The molecule has 10 heteroatoms. The van der Waals surface area contributed by atoms with Gasteiger partial charge in [-0.05, 0) is 36.8 Å². The minimum Gasteiger partial charge on any atom is -0.479 e. The van der Waals surface area contributed by atoms with Crippen LogP contribution < -0.4 is 10.7 Å². The molecule has 3 unspecified atom stereocenters. The number of carboxylic acids is 1. The summed E-state index contributed by atoms with van der Waals surface area (Å²) in [5.41, 5.74) is -1.12. The average molecular weight is 496 g/mol. The second-order valence-electron chi connectivity index (χ2n) is 10.1. The van der Waals surface area contributed by atoms with E-state index < -0.39 is 29.2 Å². The van der Waals surface area contributed by atoms with Gasteiger partial charge in [-0.3, -0.25) is 19.5 Å². The fraction of sp³-hybridized carbons (Fsp3) is 0.462.